The lowest BCUT2D eigenvalue weighted by molar-refractivity contribution is 0.0947. The third-order valence-corrected chi connectivity index (χ3v) is 4.72. The van der Waals surface area contributed by atoms with Crippen molar-refractivity contribution in [3.8, 4) is 5.75 Å². The van der Waals surface area contributed by atoms with E-state index < -0.39 is 0 Å². The Morgan fingerprint density at radius 2 is 2.28 bits per heavy atom. The van der Waals surface area contributed by atoms with Crippen LogP contribution in [0.1, 0.15) is 27.9 Å². The maximum Gasteiger partial charge on any atom is 0.251 e. The van der Waals surface area contributed by atoms with Crippen molar-refractivity contribution < 1.29 is 9.53 Å². The van der Waals surface area contributed by atoms with E-state index in [2.05, 4.69) is 21.3 Å². The molecule has 2 heterocycles. The zero-order valence-electron chi connectivity index (χ0n) is 14.9. The fraction of sp³-hybridized carbons (Fsp3) is 0.400. The SMILES string of the molecule is COc1cc(C(=O)NCC2CCN(Cc3cccnc3)C2)ccc1C. The van der Waals surface area contributed by atoms with Crippen LogP contribution in [0.3, 0.4) is 0 Å². The van der Waals surface area contributed by atoms with Crippen LogP contribution in [-0.2, 0) is 6.54 Å². The number of rotatable bonds is 6. The van der Waals surface area contributed by atoms with E-state index in [0.717, 1.165) is 37.4 Å². The molecule has 2 aromatic rings. The fourth-order valence-corrected chi connectivity index (χ4v) is 3.27. The van der Waals surface area contributed by atoms with Gasteiger partial charge in [0.2, 0.25) is 0 Å². The highest BCUT2D eigenvalue weighted by Crippen LogP contribution is 2.20. The second-order valence-corrected chi connectivity index (χ2v) is 6.65. The summed E-state index contributed by atoms with van der Waals surface area (Å²) in [5.41, 5.74) is 2.91. The van der Waals surface area contributed by atoms with E-state index in [1.165, 1.54) is 5.56 Å². The summed E-state index contributed by atoms with van der Waals surface area (Å²) in [6.45, 7) is 5.67. The molecular formula is C20H25N3O2. The van der Waals surface area contributed by atoms with Crippen LogP contribution in [0.25, 0.3) is 0 Å². The number of amides is 1. The quantitative estimate of drug-likeness (QED) is 0.879. The Balaban J connectivity index is 1.48. The number of ether oxygens (including phenoxy) is 1. The van der Waals surface area contributed by atoms with Crippen molar-refractivity contribution in [2.45, 2.75) is 19.9 Å². The van der Waals surface area contributed by atoms with Crippen LogP contribution in [-0.4, -0.2) is 42.5 Å². The number of hydrogen-bond acceptors (Lipinski definition) is 4. The van der Waals surface area contributed by atoms with Gasteiger partial charge in [0.05, 0.1) is 7.11 Å². The minimum absolute atomic E-state index is 0.0380. The predicted octanol–water partition coefficient (Wildman–Crippen LogP) is 2.65. The smallest absolute Gasteiger partial charge is 0.251 e. The van der Waals surface area contributed by atoms with Crippen LogP contribution in [0.4, 0.5) is 0 Å². The zero-order chi connectivity index (χ0) is 17.6. The number of carbonyl (C=O) groups is 1. The van der Waals surface area contributed by atoms with E-state index >= 15 is 0 Å². The summed E-state index contributed by atoms with van der Waals surface area (Å²) >= 11 is 0. The molecule has 1 aromatic carbocycles. The maximum absolute atomic E-state index is 12.4. The van der Waals surface area contributed by atoms with E-state index in [1.807, 2.05) is 31.3 Å². The minimum atomic E-state index is -0.0380. The maximum atomic E-state index is 12.4. The molecule has 0 bridgehead atoms. The first-order valence-electron chi connectivity index (χ1n) is 8.70. The van der Waals surface area contributed by atoms with Crippen LogP contribution in [0.5, 0.6) is 5.75 Å². The molecule has 5 nitrogen and oxygen atoms in total. The molecule has 1 aliphatic heterocycles. The van der Waals surface area contributed by atoms with Gasteiger partial charge in [0, 0.05) is 37.6 Å². The van der Waals surface area contributed by atoms with Gasteiger partial charge in [0.15, 0.2) is 0 Å². The van der Waals surface area contributed by atoms with Gasteiger partial charge in [-0.05, 0) is 55.1 Å². The second kappa shape index (κ2) is 8.12. The largest absolute Gasteiger partial charge is 0.496 e. The molecule has 1 saturated heterocycles. The number of aryl methyl sites for hydroxylation is 1. The molecule has 1 N–H and O–H groups in total. The van der Waals surface area contributed by atoms with Crippen molar-refractivity contribution in [2.24, 2.45) is 5.92 Å². The van der Waals surface area contributed by atoms with Gasteiger partial charge in [-0.1, -0.05) is 12.1 Å². The van der Waals surface area contributed by atoms with Gasteiger partial charge in [-0.25, -0.2) is 0 Å². The number of pyridine rings is 1. The Kier molecular flexibility index (Phi) is 5.66. The highest BCUT2D eigenvalue weighted by molar-refractivity contribution is 5.94. The summed E-state index contributed by atoms with van der Waals surface area (Å²) < 4.78 is 5.29. The number of likely N-dealkylation sites (tertiary alicyclic amines) is 1. The Morgan fingerprint density at radius 1 is 1.40 bits per heavy atom. The highest BCUT2D eigenvalue weighted by atomic mass is 16.5. The Hall–Kier alpha value is -2.40. The third kappa shape index (κ3) is 4.57. The van der Waals surface area contributed by atoms with Gasteiger partial charge in [0.1, 0.15) is 5.75 Å². The van der Waals surface area contributed by atoms with Gasteiger partial charge in [-0.15, -0.1) is 0 Å². The average Bonchev–Trinajstić information content (AvgIpc) is 3.08. The number of benzene rings is 1. The van der Waals surface area contributed by atoms with Crippen LogP contribution in [0.2, 0.25) is 0 Å². The molecule has 1 unspecified atom stereocenters. The minimum Gasteiger partial charge on any atom is -0.496 e. The van der Waals surface area contributed by atoms with Gasteiger partial charge in [0.25, 0.3) is 5.91 Å². The van der Waals surface area contributed by atoms with E-state index in [9.17, 15) is 4.79 Å². The van der Waals surface area contributed by atoms with Crippen molar-refractivity contribution in [1.82, 2.24) is 15.2 Å². The summed E-state index contributed by atoms with van der Waals surface area (Å²) in [4.78, 5) is 18.9. The number of carbonyl (C=O) groups excluding carboxylic acids is 1. The van der Waals surface area contributed by atoms with Crippen LogP contribution in [0, 0.1) is 12.8 Å². The predicted molar refractivity (Wildman–Crippen MR) is 97.7 cm³/mol. The summed E-state index contributed by atoms with van der Waals surface area (Å²) in [6, 6.07) is 9.63. The monoisotopic (exact) mass is 339 g/mol. The number of aromatic nitrogens is 1. The van der Waals surface area contributed by atoms with Crippen molar-refractivity contribution in [1.29, 1.82) is 0 Å². The zero-order valence-corrected chi connectivity index (χ0v) is 14.9. The molecule has 0 saturated carbocycles. The molecule has 1 fully saturated rings. The lowest BCUT2D eigenvalue weighted by atomic mass is 10.1. The number of hydrogen-bond donors (Lipinski definition) is 1. The molecule has 132 valence electrons. The summed E-state index contributed by atoms with van der Waals surface area (Å²) in [5, 5.41) is 3.06. The van der Waals surface area contributed by atoms with Crippen LogP contribution >= 0.6 is 0 Å². The summed E-state index contributed by atoms with van der Waals surface area (Å²) in [7, 11) is 1.62. The molecule has 5 heteroatoms. The molecule has 0 radical (unpaired) electrons. The fourth-order valence-electron chi connectivity index (χ4n) is 3.27. The second-order valence-electron chi connectivity index (χ2n) is 6.65. The van der Waals surface area contributed by atoms with E-state index in [1.54, 1.807) is 19.4 Å². The lowest BCUT2D eigenvalue weighted by Gasteiger charge is -2.16. The van der Waals surface area contributed by atoms with Crippen molar-refractivity contribution in [3.63, 3.8) is 0 Å². The molecule has 1 aromatic heterocycles. The Labute approximate surface area is 149 Å². The number of nitrogens with one attached hydrogen (secondary N) is 1. The first-order valence-corrected chi connectivity index (χ1v) is 8.70. The first kappa shape index (κ1) is 17.4. The third-order valence-electron chi connectivity index (χ3n) is 4.72. The average molecular weight is 339 g/mol. The molecule has 1 atom stereocenters. The molecule has 0 spiro atoms. The van der Waals surface area contributed by atoms with E-state index in [0.29, 0.717) is 18.0 Å². The summed E-state index contributed by atoms with van der Waals surface area (Å²) in [5.74, 6) is 1.20. The van der Waals surface area contributed by atoms with Crippen molar-refractivity contribution >= 4 is 5.91 Å². The van der Waals surface area contributed by atoms with Gasteiger partial charge < -0.3 is 10.1 Å². The van der Waals surface area contributed by atoms with E-state index in [-0.39, 0.29) is 5.91 Å². The highest BCUT2D eigenvalue weighted by Gasteiger charge is 2.23. The Morgan fingerprint density at radius 3 is 3.04 bits per heavy atom. The van der Waals surface area contributed by atoms with E-state index in [4.69, 9.17) is 4.74 Å². The molecule has 25 heavy (non-hydrogen) atoms. The molecule has 1 amide bonds. The van der Waals surface area contributed by atoms with Crippen LogP contribution < -0.4 is 10.1 Å². The van der Waals surface area contributed by atoms with Crippen LogP contribution in [0.15, 0.2) is 42.7 Å². The number of nitrogens with zero attached hydrogens (tertiary/aromatic N) is 2. The standard InChI is InChI=1S/C20H25N3O2/c1-15-5-6-18(10-19(15)25-2)20(24)22-12-17-7-9-23(14-17)13-16-4-3-8-21-11-16/h3-6,8,10-11,17H,7,9,12-14H2,1-2H3,(H,22,24). The van der Waals surface area contributed by atoms with Gasteiger partial charge >= 0.3 is 0 Å². The van der Waals surface area contributed by atoms with Gasteiger partial charge in [-0.2, -0.15) is 0 Å². The number of methoxy groups -OCH3 is 1. The Bertz CT molecular complexity index is 718. The molecule has 1 aliphatic rings. The lowest BCUT2D eigenvalue weighted by Crippen LogP contribution is -2.31. The van der Waals surface area contributed by atoms with Gasteiger partial charge in [-0.3, -0.25) is 14.7 Å². The summed E-state index contributed by atoms with van der Waals surface area (Å²) in [6.07, 6.45) is 4.82. The van der Waals surface area contributed by atoms with Crippen molar-refractivity contribution in [3.05, 3.63) is 59.4 Å². The normalized spacial score (nSPS) is 17.4. The molecular weight excluding hydrogens is 314 g/mol. The molecule has 0 aliphatic carbocycles. The molecule has 3 rings (SSSR count). The van der Waals surface area contributed by atoms with Crippen molar-refractivity contribution in [2.75, 3.05) is 26.7 Å². The topological polar surface area (TPSA) is 54.5 Å². The first-order chi connectivity index (χ1) is 12.2.